The third kappa shape index (κ3) is 4.99. The normalized spacial score (nSPS) is 11.5. The SMILES string of the molecule is COc1ccc(C(=O)c2ccc([N+](=O)[O-])cc2)cc1N(S(=O)(=O)c1ccccc1)S(=O)(=O)c1ccccc1. The molecule has 4 aromatic carbocycles. The molecular weight excluding hydrogens is 532 g/mol. The number of hydrogen-bond donors (Lipinski definition) is 0. The van der Waals surface area contributed by atoms with E-state index in [0.717, 1.165) is 18.2 Å². The highest BCUT2D eigenvalue weighted by Gasteiger charge is 2.39. The first kappa shape index (κ1) is 26.5. The van der Waals surface area contributed by atoms with E-state index in [1.807, 2.05) is 0 Å². The van der Waals surface area contributed by atoms with Gasteiger partial charge >= 0.3 is 0 Å². The number of hydrogen-bond acceptors (Lipinski definition) is 8. The van der Waals surface area contributed by atoms with E-state index in [2.05, 4.69) is 0 Å². The Morgan fingerprint density at radius 3 is 1.66 bits per heavy atom. The highest BCUT2D eigenvalue weighted by Crippen LogP contribution is 2.38. The minimum atomic E-state index is -4.74. The van der Waals surface area contributed by atoms with Crippen molar-refractivity contribution in [2.24, 2.45) is 0 Å². The molecule has 0 aliphatic carbocycles. The number of benzene rings is 4. The molecule has 0 aliphatic rings. The van der Waals surface area contributed by atoms with Gasteiger partial charge in [-0.1, -0.05) is 36.4 Å². The molecule has 194 valence electrons. The number of nitrogens with zero attached hydrogens (tertiary/aromatic N) is 2. The number of nitro benzene ring substituents is 1. The second-order valence-electron chi connectivity index (χ2n) is 7.85. The van der Waals surface area contributed by atoms with Crippen molar-refractivity contribution in [2.45, 2.75) is 9.79 Å². The van der Waals surface area contributed by atoms with Crippen LogP contribution in [0.3, 0.4) is 0 Å². The van der Waals surface area contributed by atoms with Crippen LogP contribution in [0.15, 0.2) is 113 Å². The Morgan fingerprint density at radius 1 is 0.737 bits per heavy atom. The first-order valence-electron chi connectivity index (χ1n) is 10.9. The summed E-state index contributed by atoms with van der Waals surface area (Å²) < 4.78 is 60.8. The average Bonchev–Trinajstić information content (AvgIpc) is 2.93. The maximum atomic E-state index is 13.8. The largest absolute Gasteiger partial charge is 0.495 e. The van der Waals surface area contributed by atoms with Gasteiger partial charge in [0, 0.05) is 23.3 Å². The average molecular weight is 553 g/mol. The second-order valence-corrected chi connectivity index (χ2v) is 11.7. The number of ketones is 1. The molecule has 0 radical (unpaired) electrons. The van der Waals surface area contributed by atoms with Crippen molar-refractivity contribution in [1.82, 2.24) is 0 Å². The van der Waals surface area contributed by atoms with Crippen molar-refractivity contribution in [1.29, 1.82) is 0 Å². The zero-order valence-corrected chi connectivity index (χ0v) is 21.4. The lowest BCUT2D eigenvalue weighted by molar-refractivity contribution is -0.384. The van der Waals surface area contributed by atoms with E-state index < -0.39 is 36.4 Å². The van der Waals surface area contributed by atoms with E-state index in [0.29, 0.717) is 0 Å². The minimum Gasteiger partial charge on any atom is -0.495 e. The Morgan fingerprint density at radius 2 is 1.21 bits per heavy atom. The fourth-order valence-corrected chi connectivity index (χ4v) is 7.38. The molecule has 0 amide bonds. The molecule has 0 aliphatic heterocycles. The molecule has 0 heterocycles. The van der Waals surface area contributed by atoms with Crippen LogP contribution >= 0.6 is 0 Å². The monoisotopic (exact) mass is 552 g/mol. The van der Waals surface area contributed by atoms with Gasteiger partial charge in [-0.2, -0.15) is 3.71 Å². The molecule has 0 unspecified atom stereocenters. The summed E-state index contributed by atoms with van der Waals surface area (Å²) in [6.07, 6.45) is 0. The number of rotatable bonds is 9. The lowest BCUT2D eigenvalue weighted by Gasteiger charge is -2.26. The molecule has 10 nitrogen and oxygen atoms in total. The number of nitro groups is 1. The summed E-state index contributed by atoms with van der Waals surface area (Å²) in [6, 6.07) is 22.5. The number of sulfonamides is 2. The molecular formula is C26H20N2O8S2. The first-order chi connectivity index (χ1) is 18.1. The molecule has 0 N–H and O–H groups in total. The van der Waals surface area contributed by atoms with Crippen LogP contribution in [-0.4, -0.2) is 34.7 Å². The minimum absolute atomic E-state index is 0.0637. The van der Waals surface area contributed by atoms with Crippen molar-refractivity contribution in [2.75, 3.05) is 10.8 Å². The van der Waals surface area contributed by atoms with Crippen LogP contribution in [0.2, 0.25) is 0 Å². The fourth-order valence-electron chi connectivity index (χ4n) is 3.64. The molecule has 0 fully saturated rings. The third-order valence-electron chi connectivity index (χ3n) is 5.50. The van der Waals surface area contributed by atoms with Gasteiger partial charge < -0.3 is 4.74 Å². The molecule has 0 atom stereocenters. The molecule has 12 heteroatoms. The van der Waals surface area contributed by atoms with Gasteiger partial charge in [-0.25, -0.2) is 16.8 Å². The maximum Gasteiger partial charge on any atom is 0.277 e. The number of non-ortho nitro benzene ring substituents is 1. The van der Waals surface area contributed by atoms with Gasteiger partial charge in [0.25, 0.3) is 25.7 Å². The molecule has 0 spiro atoms. The Labute approximate surface area is 219 Å². The van der Waals surface area contributed by atoms with Crippen LogP contribution in [-0.2, 0) is 20.0 Å². The lowest BCUT2D eigenvalue weighted by atomic mass is 10.0. The Hall–Kier alpha value is -4.55. The standard InChI is InChI=1S/C26H20N2O8S2/c1-36-25-17-14-20(26(29)19-12-15-21(16-13-19)27(30)31)18-24(25)28(37(32,33)22-8-4-2-5-9-22)38(34,35)23-10-6-3-7-11-23/h2-18H,1H3. The van der Waals surface area contributed by atoms with Gasteiger partial charge in [-0.05, 0) is 54.6 Å². The Balaban J connectivity index is 1.94. The number of methoxy groups -OCH3 is 1. The quantitative estimate of drug-likeness (QED) is 0.169. The summed E-state index contributed by atoms with van der Waals surface area (Å²) in [5, 5.41) is 11.0. The van der Waals surface area contributed by atoms with Gasteiger partial charge in [-0.3, -0.25) is 14.9 Å². The number of carbonyl (C=O) groups is 1. The highest BCUT2D eigenvalue weighted by molar-refractivity contribution is 8.10. The number of ether oxygens (including phenoxy) is 1. The first-order valence-corrected chi connectivity index (χ1v) is 13.8. The smallest absolute Gasteiger partial charge is 0.277 e. The lowest BCUT2D eigenvalue weighted by Crippen LogP contribution is -2.37. The van der Waals surface area contributed by atoms with E-state index in [4.69, 9.17) is 4.74 Å². The van der Waals surface area contributed by atoms with E-state index >= 15 is 0 Å². The van der Waals surface area contributed by atoms with E-state index in [1.54, 1.807) is 12.1 Å². The zero-order valence-electron chi connectivity index (χ0n) is 19.8. The van der Waals surface area contributed by atoms with Gasteiger partial charge in [0.15, 0.2) is 5.78 Å². The van der Waals surface area contributed by atoms with Crippen LogP contribution in [0.5, 0.6) is 5.75 Å². The van der Waals surface area contributed by atoms with Crippen LogP contribution in [0.1, 0.15) is 15.9 Å². The molecule has 0 saturated carbocycles. The second kappa shape index (κ2) is 10.4. The molecule has 38 heavy (non-hydrogen) atoms. The zero-order chi connectivity index (χ0) is 27.5. The summed E-state index contributed by atoms with van der Waals surface area (Å²) in [7, 11) is -8.24. The van der Waals surface area contributed by atoms with Gasteiger partial charge in [0.2, 0.25) is 0 Å². The molecule has 4 rings (SSSR count). The van der Waals surface area contributed by atoms with Crippen molar-refractivity contribution < 1.29 is 31.3 Å². The van der Waals surface area contributed by atoms with Gasteiger partial charge in [0.05, 0.1) is 21.8 Å². The van der Waals surface area contributed by atoms with Gasteiger partial charge in [-0.15, -0.1) is 0 Å². The predicted octanol–water partition coefficient (Wildman–Crippen LogP) is 4.42. The topological polar surface area (TPSA) is 141 Å². The molecule has 0 bridgehead atoms. The fraction of sp³-hybridized carbons (Fsp3) is 0.0385. The molecule has 0 aromatic heterocycles. The predicted molar refractivity (Wildman–Crippen MR) is 139 cm³/mol. The van der Waals surface area contributed by atoms with E-state index in [-0.39, 0.29) is 36.1 Å². The summed E-state index contributed by atoms with van der Waals surface area (Å²) >= 11 is 0. The van der Waals surface area contributed by atoms with Crippen LogP contribution in [0.4, 0.5) is 11.4 Å². The number of carbonyl (C=O) groups excluding carboxylic acids is 1. The summed E-state index contributed by atoms with van der Waals surface area (Å²) in [4.78, 5) is 23.0. The maximum absolute atomic E-state index is 13.8. The number of anilines is 1. The Kier molecular flexibility index (Phi) is 7.28. The van der Waals surface area contributed by atoms with Crippen LogP contribution in [0, 0.1) is 10.1 Å². The molecule has 0 saturated heterocycles. The van der Waals surface area contributed by atoms with E-state index in [1.165, 1.54) is 79.9 Å². The Bertz CT molecular complexity index is 1640. The third-order valence-corrected chi connectivity index (χ3v) is 9.68. The van der Waals surface area contributed by atoms with Gasteiger partial charge in [0.1, 0.15) is 11.4 Å². The van der Waals surface area contributed by atoms with Crippen LogP contribution < -0.4 is 8.45 Å². The molecule has 4 aromatic rings. The summed E-state index contributed by atoms with van der Waals surface area (Å²) in [6.45, 7) is 0. The van der Waals surface area contributed by atoms with E-state index in [9.17, 15) is 31.7 Å². The van der Waals surface area contributed by atoms with Crippen molar-refractivity contribution in [3.8, 4) is 5.75 Å². The summed E-state index contributed by atoms with van der Waals surface area (Å²) in [5.41, 5.74) is -0.611. The van der Waals surface area contributed by atoms with Crippen molar-refractivity contribution in [3.63, 3.8) is 0 Å². The van der Waals surface area contributed by atoms with Crippen molar-refractivity contribution >= 4 is 37.2 Å². The summed E-state index contributed by atoms with van der Waals surface area (Å²) in [5.74, 6) is -0.734. The van der Waals surface area contributed by atoms with Crippen LogP contribution in [0.25, 0.3) is 0 Å². The highest BCUT2D eigenvalue weighted by atomic mass is 32.3. The van der Waals surface area contributed by atoms with Crippen molar-refractivity contribution in [3.05, 3.63) is 124 Å².